The standard InChI is InChI=1S/C23H32N2O2/c1-5-7-8-20-13-15-24(17-19-9-11-21(26)12-10-19)23(27)22(16-18(3)4)25(20)14-6-2/h2,5,9-12,18,20,22,26H,1,7-8,13-17H2,3-4H3/t20-,22+/m1/s1. The van der Waals surface area contributed by atoms with Gasteiger partial charge in [-0.1, -0.05) is 38.0 Å². The molecule has 0 saturated carbocycles. The summed E-state index contributed by atoms with van der Waals surface area (Å²) in [6, 6.07) is 7.19. The van der Waals surface area contributed by atoms with Crippen LogP contribution in [0.15, 0.2) is 36.9 Å². The van der Waals surface area contributed by atoms with Crippen LogP contribution in [0.1, 0.15) is 45.1 Å². The van der Waals surface area contributed by atoms with Crippen molar-refractivity contribution in [1.29, 1.82) is 0 Å². The van der Waals surface area contributed by atoms with E-state index in [1.165, 1.54) is 0 Å². The summed E-state index contributed by atoms with van der Waals surface area (Å²) in [6.45, 7) is 9.92. The Kier molecular flexibility index (Phi) is 7.94. The monoisotopic (exact) mass is 368 g/mol. The highest BCUT2D eigenvalue weighted by Crippen LogP contribution is 2.26. The van der Waals surface area contributed by atoms with Crippen LogP contribution in [-0.4, -0.2) is 46.0 Å². The van der Waals surface area contributed by atoms with Crippen molar-refractivity contribution in [2.24, 2.45) is 5.92 Å². The molecule has 0 unspecified atom stereocenters. The number of hydrogen-bond donors (Lipinski definition) is 1. The summed E-state index contributed by atoms with van der Waals surface area (Å²) in [5, 5.41) is 9.50. The van der Waals surface area contributed by atoms with Crippen LogP contribution in [0.5, 0.6) is 5.75 Å². The Morgan fingerprint density at radius 2 is 2.07 bits per heavy atom. The maximum Gasteiger partial charge on any atom is 0.240 e. The molecule has 0 bridgehead atoms. The quantitative estimate of drug-likeness (QED) is 0.560. The van der Waals surface area contributed by atoms with E-state index >= 15 is 0 Å². The molecule has 1 amide bonds. The second-order valence-corrected chi connectivity index (χ2v) is 7.76. The third-order valence-electron chi connectivity index (χ3n) is 5.18. The summed E-state index contributed by atoms with van der Waals surface area (Å²) in [5.41, 5.74) is 1.03. The minimum absolute atomic E-state index is 0.160. The molecule has 1 aliphatic rings. The number of hydrogen-bond acceptors (Lipinski definition) is 3. The van der Waals surface area contributed by atoms with Gasteiger partial charge in [0.15, 0.2) is 0 Å². The number of carbonyl (C=O) groups excluding carboxylic acids is 1. The third kappa shape index (κ3) is 5.87. The first-order valence-electron chi connectivity index (χ1n) is 9.83. The maximum absolute atomic E-state index is 13.4. The second kappa shape index (κ2) is 10.2. The van der Waals surface area contributed by atoms with Crippen molar-refractivity contribution in [1.82, 2.24) is 9.80 Å². The Hall–Kier alpha value is -2.25. The number of allylic oxidation sites excluding steroid dienone is 1. The van der Waals surface area contributed by atoms with Crippen LogP contribution < -0.4 is 0 Å². The largest absolute Gasteiger partial charge is 0.508 e. The number of rotatable bonds is 8. The minimum atomic E-state index is -0.185. The van der Waals surface area contributed by atoms with Gasteiger partial charge in [-0.05, 0) is 49.3 Å². The normalized spacial score (nSPS) is 21.1. The van der Waals surface area contributed by atoms with Gasteiger partial charge in [0.2, 0.25) is 5.91 Å². The predicted octanol–water partition coefficient (Wildman–Crippen LogP) is 3.81. The number of aromatic hydroxyl groups is 1. The summed E-state index contributed by atoms with van der Waals surface area (Å²) >= 11 is 0. The molecule has 0 aliphatic carbocycles. The van der Waals surface area contributed by atoms with Gasteiger partial charge in [0.05, 0.1) is 12.6 Å². The molecule has 146 valence electrons. The Labute approximate surface area is 163 Å². The first kappa shape index (κ1) is 21.1. The lowest BCUT2D eigenvalue weighted by Crippen LogP contribution is -2.49. The molecule has 1 heterocycles. The van der Waals surface area contributed by atoms with E-state index in [0.29, 0.717) is 19.0 Å². The van der Waals surface area contributed by atoms with Crippen molar-refractivity contribution in [3.8, 4) is 18.1 Å². The van der Waals surface area contributed by atoms with Crippen molar-refractivity contribution >= 4 is 5.91 Å². The van der Waals surface area contributed by atoms with Crippen LogP contribution in [-0.2, 0) is 11.3 Å². The lowest BCUT2D eigenvalue weighted by atomic mass is 9.98. The number of phenolic OH excluding ortho intramolecular Hbond substituents is 1. The van der Waals surface area contributed by atoms with Crippen LogP contribution in [0, 0.1) is 18.3 Å². The fourth-order valence-electron chi connectivity index (χ4n) is 3.81. The average Bonchev–Trinajstić information content (AvgIpc) is 2.75. The molecule has 27 heavy (non-hydrogen) atoms. The molecular formula is C23H32N2O2. The highest BCUT2D eigenvalue weighted by molar-refractivity contribution is 5.82. The van der Waals surface area contributed by atoms with Crippen molar-refractivity contribution in [2.75, 3.05) is 13.1 Å². The molecule has 1 saturated heterocycles. The van der Waals surface area contributed by atoms with Gasteiger partial charge in [-0.25, -0.2) is 0 Å². The van der Waals surface area contributed by atoms with Crippen molar-refractivity contribution in [3.05, 3.63) is 42.5 Å². The predicted molar refractivity (Wildman–Crippen MR) is 110 cm³/mol. The summed E-state index contributed by atoms with van der Waals surface area (Å²) in [6.07, 6.45) is 11.2. The lowest BCUT2D eigenvalue weighted by Gasteiger charge is -2.35. The topological polar surface area (TPSA) is 43.8 Å². The van der Waals surface area contributed by atoms with Gasteiger partial charge in [0.1, 0.15) is 5.75 Å². The number of nitrogens with zero attached hydrogens (tertiary/aromatic N) is 2. The molecule has 1 aromatic rings. The zero-order valence-electron chi connectivity index (χ0n) is 16.6. The molecule has 0 spiro atoms. The van der Waals surface area contributed by atoms with Gasteiger partial charge in [0.25, 0.3) is 0 Å². The smallest absolute Gasteiger partial charge is 0.240 e. The molecule has 0 radical (unpaired) electrons. The van der Waals surface area contributed by atoms with Crippen LogP contribution in [0.4, 0.5) is 0 Å². The first-order chi connectivity index (χ1) is 13.0. The van der Waals surface area contributed by atoms with Gasteiger partial charge in [-0.2, -0.15) is 0 Å². The molecule has 1 aliphatic heterocycles. The van der Waals surface area contributed by atoms with Crippen LogP contribution in [0.2, 0.25) is 0 Å². The molecule has 4 heteroatoms. The Morgan fingerprint density at radius 3 is 2.67 bits per heavy atom. The van der Waals surface area contributed by atoms with Crippen LogP contribution >= 0.6 is 0 Å². The molecule has 1 aromatic carbocycles. The van der Waals surface area contributed by atoms with E-state index in [-0.39, 0.29) is 23.7 Å². The summed E-state index contributed by atoms with van der Waals surface area (Å²) in [4.78, 5) is 17.6. The first-order valence-corrected chi connectivity index (χ1v) is 9.83. The van der Waals surface area contributed by atoms with E-state index in [2.05, 4.69) is 31.2 Å². The number of phenols is 1. The number of terminal acetylenes is 1. The molecule has 1 N–H and O–H groups in total. The molecule has 0 aromatic heterocycles. The zero-order chi connectivity index (χ0) is 19.8. The third-order valence-corrected chi connectivity index (χ3v) is 5.18. The molecular weight excluding hydrogens is 336 g/mol. The van der Waals surface area contributed by atoms with E-state index < -0.39 is 0 Å². The van der Waals surface area contributed by atoms with Gasteiger partial charge in [0, 0.05) is 19.1 Å². The highest BCUT2D eigenvalue weighted by atomic mass is 16.3. The van der Waals surface area contributed by atoms with Gasteiger partial charge < -0.3 is 10.0 Å². The molecule has 2 atom stereocenters. The Balaban J connectivity index is 2.27. The second-order valence-electron chi connectivity index (χ2n) is 7.76. The van der Waals surface area contributed by atoms with E-state index in [1.54, 1.807) is 12.1 Å². The molecule has 2 rings (SSSR count). The summed E-state index contributed by atoms with van der Waals surface area (Å²) < 4.78 is 0. The number of amides is 1. The fourth-order valence-corrected chi connectivity index (χ4v) is 3.81. The summed E-state index contributed by atoms with van der Waals surface area (Å²) in [5.74, 6) is 3.58. The van der Waals surface area contributed by atoms with Crippen molar-refractivity contribution < 1.29 is 9.90 Å². The lowest BCUT2D eigenvalue weighted by molar-refractivity contribution is -0.136. The maximum atomic E-state index is 13.4. The number of carbonyl (C=O) groups is 1. The van der Waals surface area contributed by atoms with Gasteiger partial charge in [-0.3, -0.25) is 9.69 Å². The van der Waals surface area contributed by atoms with E-state index in [9.17, 15) is 9.90 Å². The molecule has 4 nitrogen and oxygen atoms in total. The highest BCUT2D eigenvalue weighted by Gasteiger charge is 2.37. The van der Waals surface area contributed by atoms with Crippen LogP contribution in [0.3, 0.4) is 0 Å². The minimum Gasteiger partial charge on any atom is -0.508 e. The fraction of sp³-hybridized carbons (Fsp3) is 0.522. The van der Waals surface area contributed by atoms with Crippen molar-refractivity contribution in [3.63, 3.8) is 0 Å². The van der Waals surface area contributed by atoms with E-state index in [1.807, 2.05) is 23.1 Å². The van der Waals surface area contributed by atoms with Crippen LogP contribution in [0.25, 0.3) is 0 Å². The zero-order valence-corrected chi connectivity index (χ0v) is 16.6. The van der Waals surface area contributed by atoms with Gasteiger partial charge in [-0.15, -0.1) is 13.0 Å². The Morgan fingerprint density at radius 1 is 1.37 bits per heavy atom. The average molecular weight is 369 g/mol. The molecule has 1 fully saturated rings. The van der Waals surface area contributed by atoms with Gasteiger partial charge >= 0.3 is 0 Å². The van der Waals surface area contributed by atoms with E-state index in [4.69, 9.17) is 6.42 Å². The van der Waals surface area contributed by atoms with Crippen molar-refractivity contribution in [2.45, 2.75) is 58.2 Å². The van der Waals surface area contributed by atoms with E-state index in [0.717, 1.165) is 37.8 Å². The Bertz CT molecular complexity index is 660. The summed E-state index contributed by atoms with van der Waals surface area (Å²) in [7, 11) is 0. The number of benzene rings is 1. The SMILES string of the molecule is C#CCN1[C@H](CCC=C)CCN(Cc2ccc(O)cc2)C(=O)[C@@H]1CC(C)C.